The summed E-state index contributed by atoms with van der Waals surface area (Å²) in [6.45, 7) is 9.95. The van der Waals surface area contributed by atoms with Crippen molar-refractivity contribution >= 4 is 11.7 Å². The zero-order valence-corrected chi connectivity index (χ0v) is 16.8. The molecular weight excluding hydrogens is 324 g/mol. The maximum atomic E-state index is 13.1. The number of amides is 1. The molecule has 1 aromatic heterocycles. The van der Waals surface area contributed by atoms with Gasteiger partial charge in [0.25, 0.3) is 0 Å². The van der Waals surface area contributed by atoms with Crippen molar-refractivity contribution in [2.24, 2.45) is 5.92 Å². The third kappa shape index (κ3) is 4.18. The monoisotopic (exact) mass is 358 g/mol. The van der Waals surface area contributed by atoms with E-state index in [0.717, 1.165) is 69.1 Å². The van der Waals surface area contributed by atoms with Gasteiger partial charge in [0.1, 0.15) is 11.6 Å². The van der Waals surface area contributed by atoms with Gasteiger partial charge in [-0.3, -0.25) is 4.79 Å². The summed E-state index contributed by atoms with van der Waals surface area (Å²) in [5, 5.41) is 0. The second-order valence-corrected chi connectivity index (χ2v) is 7.82. The normalized spacial score (nSPS) is 18.6. The van der Waals surface area contributed by atoms with E-state index in [4.69, 9.17) is 9.97 Å². The smallest absolute Gasteiger partial charge is 0.225 e. The van der Waals surface area contributed by atoms with Crippen LogP contribution in [0.5, 0.6) is 0 Å². The zero-order chi connectivity index (χ0) is 18.5. The molecule has 1 atom stereocenters. The summed E-state index contributed by atoms with van der Waals surface area (Å²) in [4.78, 5) is 27.1. The number of aromatic nitrogens is 2. The third-order valence-electron chi connectivity index (χ3n) is 5.87. The minimum atomic E-state index is 0.168. The molecule has 0 spiro atoms. The number of piperidine rings is 1. The Labute approximate surface area is 158 Å². The third-order valence-corrected chi connectivity index (χ3v) is 5.87. The maximum absolute atomic E-state index is 13.1. The molecule has 26 heavy (non-hydrogen) atoms. The van der Waals surface area contributed by atoms with Crippen LogP contribution in [0.1, 0.15) is 75.9 Å². The Morgan fingerprint density at radius 2 is 1.88 bits per heavy atom. The molecule has 144 valence electrons. The highest BCUT2D eigenvalue weighted by atomic mass is 16.2. The second kappa shape index (κ2) is 8.83. The van der Waals surface area contributed by atoms with Crippen molar-refractivity contribution in [2.75, 3.05) is 24.5 Å². The molecule has 1 amide bonds. The Balaban J connectivity index is 1.81. The van der Waals surface area contributed by atoms with Crippen LogP contribution in [0.2, 0.25) is 0 Å². The molecule has 2 aliphatic rings. The summed E-state index contributed by atoms with van der Waals surface area (Å²) < 4.78 is 0. The van der Waals surface area contributed by atoms with E-state index in [-0.39, 0.29) is 5.92 Å². The summed E-state index contributed by atoms with van der Waals surface area (Å²) >= 11 is 0. The van der Waals surface area contributed by atoms with Crippen LogP contribution < -0.4 is 4.90 Å². The van der Waals surface area contributed by atoms with E-state index in [1.165, 1.54) is 24.8 Å². The lowest BCUT2D eigenvalue weighted by atomic mass is 9.96. The molecule has 0 saturated carbocycles. The first-order valence-electron chi connectivity index (χ1n) is 10.5. The van der Waals surface area contributed by atoms with Crippen LogP contribution in [0.25, 0.3) is 0 Å². The highest BCUT2D eigenvalue weighted by Crippen LogP contribution is 2.30. The molecule has 3 rings (SSSR count). The lowest BCUT2D eigenvalue weighted by molar-refractivity contribution is -0.136. The molecule has 1 fully saturated rings. The average molecular weight is 359 g/mol. The molecule has 1 unspecified atom stereocenters. The lowest BCUT2D eigenvalue weighted by Crippen LogP contribution is -2.41. The Kier molecular flexibility index (Phi) is 6.49. The van der Waals surface area contributed by atoms with Gasteiger partial charge in [-0.2, -0.15) is 0 Å². The van der Waals surface area contributed by atoms with Crippen LogP contribution in [0.4, 0.5) is 5.82 Å². The predicted molar refractivity (Wildman–Crippen MR) is 105 cm³/mol. The zero-order valence-electron chi connectivity index (χ0n) is 16.8. The SMILES string of the molecule is CCCCC(CC)C(=O)N1CCc2nc(C)nc(N3CCCCC3)c2C1. The number of anilines is 1. The molecule has 0 N–H and O–H groups in total. The molecule has 0 bridgehead atoms. The number of fused-ring (bicyclic) bond motifs is 1. The number of carbonyl (C=O) groups excluding carboxylic acids is 1. The largest absolute Gasteiger partial charge is 0.356 e. The Morgan fingerprint density at radius 1 is 1.12 bits per heavy atom. The molecule has 0 aromatic carbocycles. The summed E-state index contributed by atoms with van der Waals surface area (Å²) in [5.74, 6) is 2.45. The highest BCUT2D eigenvalue weighted by Gasteiger charge is 2.30. The Bertz CT molecular complexity index is 625. The number of hydrogen-bond acceptors (Lipinski definition) is 4. The van der Waals surface area contributed by atoms with Gasteiger partial charge in [0.2, 0.25) is 5.91 Å². The molecule has 2 aliphatic heterocycles. The first-order valence-corrected chi connectivity index (χ1v) is 10.5. The van der Waals surface area contributed by atoms with E-state index >= 15 is 0 Å². The molecule has 5 heteroatoms. The van der Waals surface area contributed by atoms with E-state index < -0.39 is 0 Å². The van der Waals surface area contributed by atoms with Gasteiger partial charge in [-0.15, -0.1) is 0 Å². The first kappa shape index (κ1) is 19.1. The van der Waals surface area contributed by atoms with Crippen LogP contribution in [0, 0.1) is 12.8 Å². The number of aryl methyl sites for hydroxylation is 1. The molecule has 0 aliphatic carbocycles. The van der Waals surface area contributed by atoms with Crippen LogP contribution in [0.15, 0.2) is 0 Å². The highest BCUT2D eigenvalue weighted by molar-refractivity contribution is 5.79. The minimum Gasteiger partial charge on any atom is -0.356 e. The van der Waals surface area contributed by atoms with E-state index in [1.54, 1.807) is 0 Å². The van der Waals surface area contributed by atoms with Gasteiger partial charge in [-0.25, -0.2) is 9.97 Å². The lowest BCUT2D eigenvalue weighted by Gasteiger charge is -2.35. The van der Waals surface area contributed by atoms with E-state index in [2.05, 4.69) is 23.6 Å². The second-order valence-electron chi connectivity index (χ2n) is 7.82. The molecule has 0 radical (unpaired) electrons. The van der Waals surface area contributed by atoms with Crippen LogP contribution >= 0.6 is 0 Å². The van der Waals surface area contributed by atoms with Crippen molar-refractivity contribution in [2.45, 2.75) is 78.7 Å². The Morgan fingerprint density at radius 3 is 2.58 bits per heavy atom. The van der Waals surface area contributed by atoms with Gasteiger partial charge < -0.3 is 9.80 Å². The molecule has 1 saturated heterocycles. The van der Waals surface area contributed by atoms with Gasteiger partial charge in [-0.1, -0.05) is 26.7 Å². The van der Waals surface area contributed by atoms with E-state index in [0.29, 0.717) is 12.5 Å². The summed E-state index contributed by atoms with van der Waals surface area (Å²) in [5.41, 5.74) is 2.35. The van der Waals surface area contributed by atoms with Crippen molar-refractivity contribution in [3.05, 3.63) is 17.1 Å². The van der Waals surface area contributed by atoms with Crippen molar-refractivity contribution in [3.8, 4) is 0 Å². The van der Waals surface area contributed by atoms with E-state index in [9.17, 15) is 4.79 Å². The summed E-state index contributed by atoms with van der Waals surface area (Å²) in [6.07, 6.45) is 8.86. The summed E-state index contributed by atoms with van der Waals surface area (Å²) in [7, 11) is 0. The minimum absolute atomic E-state index is 0.168. The first-order chi connectivity index (χ1) is 12.6. The van der Waals surface area contributed by atoms with Gasteiger partial charge in [0, 0.05) is 37.5 Å². The standard InChI is InChI=1S/C21H34N4O/c1-4-6-10-17(5-2)21(26)25-14-11-19-18(15-25)20(23-16(3)22-19)24-12-8-7-9-13-24/h17H,4-15H2,1-3H3. The van der Waals surface area contributed by atoms with Crippen LogP contribution in [0.3, 0.4) is 0 Å². The predicted octanol–water partition coefficient (Wildman–Crippen LogP) is 3.88. The molecule has 1 aromatic rings. The maximum Gasteiger partial charge on any atom is 0.225 e. The number of nitrogens with zero attached hydrogens (tertiary/aromatic N) is 4. The molecule has 5 nitrogen and oxygen atoms in total. The van der Waals surface area contributed by atoms with Crippen molar-refractivity contribution in [1.82, 2.24) is 14.9 Å². The van der Waals surface area contributed by atoms with Crippen molar-refractivity contribution in [1.29, 1.82) is 0 Å². The number of rotatable bonds is 6. The average Bonchev–Trinajstić information content (AvgIpc) is 2.68. The van der Waals surface area contributed by atoms with E-state index in [1.807, 2.05) is 6.92 Å². The molecule has 3 heterocycles. The van der Waals surface area contributed by atoms with Crippen LogP contribution in [-0.4, -0.2) is 40.4 Å². The fraction of sp³-hybridized carbons (Fsp3) is 0.762. The van der Waals surface area contributed by atoms with Gasteiger partial charge >= 0.3 is 0 Å². The molecular formula is C21H34N4O. The fourth-order valence-electron chi connectivity index (χ4n) is 4.28. The summed E-state index contributed by atoms with van der Waals surface area (Å²) in [6, 6.07) is 0. The number of hydrogen-bond donors (Lipinski definition) is 0. The number of unbranched alkanes of at least 4 members (excludes halogenated alkanes) is 1. The quantitative estimate of drug-likeness (QED) is 0.774. The fourth-order valence-corrected chi connectivity index (χ4v) is 4.28. The van der Waals surface area contributed by atoms with Gasteiger partial charge in [-0.05, 0) is 39.0 Å². The van der Waals surface area contributed by atoms with Gasteiger partial charge in [0.15, 0.2) is 0 Å². The van der Waals surface area contributed by atoms with Crippen LogP contribution in [-0.2, 0) is 17.8 Å². The Hall–Kier alpha value is -1.65. The number of carbonyl (C=O) groups is 1. The van der Waals surface area contributed by atoms with Crippen molar-refractivity contribution in [3.63, 3.8) is 0 Å². The van der Waals surface area contributed by atoms with Crippen molar-refractivity contribution < 1.29 is 4.79 Å². The topological polar surface area (TPSA) is 49.3 Å². The van der Waals surface area contributed by atoms with Gasteiger partial charge in [0.05, 0.1) is 12.2 Å².